The zero-order chi connectivity index (χ0) is 23.5. The molecule has 32 heavy (non-hydrogen) atoms. The first kappa shape index (κ1) is 24.1. The van der Waals surface area contributed by atoms with Crippen LogP contribution in [-0.4, -0.2) is 34.3 Å². The highest BCUT2D eigenvalue weighted by Crippen LogP contribution is 2.24. The molecule has 0 aliphatic rings. The van der Waals surface area contributed by atoms with Crippen molar-refractivity contribution in [3.63, 3.8) is 0 Å². The maximum absolute atomic E-state index is 13.2. The Balaban J connectivity index is 1.83. The van der Waals surface area contributed by atoms with Gasteiger partial charge in [0.1, 0.15) is 5.69 Å². The zero-order valence-corrected chi connectivity index (χ0v) is 19.8. The van der Waals surface area contributed by atoms with Gasteiger partial charge in [0.2, 0.25) is 0 Å². The van der Waals surface area contributed by atoms with E-state index in [0.717, 1.165) is 12.0 Å². The van der Waals surface area contributed by atoms with Gasteiger partial charge in [-0.05, 0) is 50.5 Å². The number of aryl methyl sites for hydroxylation is 2. The van der Waals surface area contributed by atoms with Crippen molar-refractivity contribution in [2.45, 2.75) is 32.3 Å². The average molecular weight is 476 g/mol. The third kappa shape index (κ3) is 5.63. The molecule has 6 nitrogen and oxygen atoms in total. The highest BCUT2D eigenvalue weighted by atomic mass is 35.5. The first-order chi connectivity index (χ1) is 15.1. The Morgan fingerprint density at radius 2 is 1.84 bits per heavy atom. The summed E-state index contributed by atoms with van der Waals surface area (Å²) in [6.45, 7) is 3.81. The van der Waals surface area contributed by atoms with E-state index in [1.165, 1.54) is 4.57 Å². The monoisotopic (exact) mass is 475 g/mol. The molecule has 3 N–H and O–H groups in total. The van der Waals surface area contributed by atoms with E-state index in [1.807, 2.05) is 30.3 Å². The molecule has 0 atom stereocenters. The molecule has 0 fully saturated rings. The molecular weight excluding hydrogens is 449 g/mol. The average Bonchev–Trinajstić information content (AvgIpc) is 2.74. The third-order valence-corrected chi connectivity index (χ3v) is 5.88. The summed E-state index contributed by atoms with van der Waals surface area (Å²) in [5.74, 6) is -0.341. The Morgan fingerprint density at radius 3 is 2.53 bits per heavy atom. The lowest BCUT2D eigenvalue weighted by Crippen LogP contribution is -2.35. The number of aliphatic hydroxyl groups is 1. The number of aromatic nitrogens is 1. The molecule has 1 aromatic heterocycles. The van der Waals surface area contributed by atoms with Crippen molar-refractivity contribution >= 4 is 45.7 Å². The smallest absolute Gasteiger partial charge is 0.274 e. The van der Waals surface area contributed by atoms with E-state index in [4.69, 9.17) is 23.2 Å². The van der Waals surface area contributed by atoms with Crippen molar-refractivity contribution in [3.8, 4) is 0 Å². The fourth-order valence-electron chi connectivity index (χ4n) is 3.48. The lowest BCUT2D eigenvalue weighted by atomic mass is 10.0. The highest BCUT2D eigenvalue weighted by Gasteiger charge is 2.22. The Morgan fingerprint density at radius 1 is 1.12 bits per heavy atom. The van der Waals surface area contributed by atoms with E-state index >= 15 is 0 Å². The fraction of sp³-hybridized carbons (Fsp3) is 0.333. The Kier molecular flexibility index (Phi) is 7.49. The predicted octanol–water partition coefficient (Wildman–Crippen LogP) is 4.39. The Hall–Kier alpha value is -2.54. The number of carbonyl (C=O) groups is 1. The van der Waals surface area contributed by atoms with Gasteiger partial charge in [-0.25, -0.2) is 0 Å². The van der Waals surface area contributed by atoms with Crippen molar-refractivity contribution in [2.24, 2.45) is 7.05 Å². The molecule has 0 radical (unpaired) electrons. The summed E-state index contributed by atoms with van der Waals surface area (Å²) in [7, 11) is 1.67. The second kappa shape index (κ2) is 9.94. The number of hydrogen-bond acceptors (Lipinski definition) is 4. The van der Waals surface area contributed by atoms with Crippen molar-refractivity contribution in [1.82, 2.24) is 9.88 Å². The number of para-hydroxylation sites is 1. The molecule has 0 unspecified atom stereocenters. The number of hydrogen-bond donors (Lipinski definition) is 3. The molecule has 0 saturated carbocycles. The second-order valence-corrected chi connectivity index (χ2v) is 9.22. The summed E-state index contributed by atoms with van der Waals surface area (Å²) >= 11 is 12.0. The number of amides is 1. The van der Waals surface area contributed by atoms with Crippen LogP contribution in [0.4, 0.5) is 5.69 Å². The maximum atomic E-state index is 13.2. The van der Waals surface area contributed by atoms with Crippen LogP contribution in [0.15, 0.2) is 47.3 Å². The quantitative estimate of drug-likeness (QED) is 0.421. The van der Waals surface area contributed by atoms with Crippen LogP contribution in [0.2, 0.25) is 10.0 Å². The predicted molar refractivity (Wildman–Crippen MR) is 131 cm³/mol. The van der Waals surface area contributed by atoms with Crippen molar-refractivity contribution in [2.75, 3.05) is 18.4 Å². The Labute approximate surface area is 197 Å². The van der Waals surface area contributed by atoms with Gasteiger partial charge in [-0.3, -0.25) is 9.59 Å². The normalized spacial score (nSPS) is 11.6. The van der Waals surface area contributed by atoms with Crippen LogP contribution in [0.1, 0.15) is 36.2 Å². The largest absolute Gasteiger partial charge is 0.389 e. The van der Waals surface area contributed by atoms with Crippen molar-refractivity contribution in [1.29, 1.82) is 0 Å². The molecule has 0 bridgehead atoms. The van der Waals surface area contributed by atoms with Gasteiger partial charge in [0.05, 0.1) is 26.7 Å². The molecule has 0 spiro atoms. The zero-order valence-electron chi connectivity index (χ0n) is 18.3. The maximum Gasteiger partial charge on any atom is 0.274 e. The van der Waals surface area contributed by atoms with Gasteiger partial charge in [0.15, 0.2) is 0 Å². The number of halogens is 2. The standard InChI is InChI=1S/C24H27Cl2N3O3/c1-24(2,32)14-28-21-20(16-8-4-5-9-19(16)29(3)23(21)31)22(30)27-12-6-7-15-10-11-17(25)18(26)13-15/h4-5,8-11,13,28,32H,6-7,12,14H2,1-3H3,(H,27,30). The van der Waals surface area contributed by atoms with Gasteiger partial charge < -0.3 is 20.3 Å². The van der Waals surface area contributed by atoms with Crippen LogP contribution < -0.4 is 16.2 Å². The summed E-state index contributed by atoms with van der Waals surface area (Å²) in [4.78, 5) is 26.2. The van der Waals surface area contributed by atoms with E-state index in [1.54, 1.807) is 33.0 Å². The first-order valence-electron chi connectivity index (χ1n) is 10.4. The summed E-state index contributed by atoms with van der Waals surface area (Å²) < 4.78 is 1.50. The molecule has 8 heteroatoms. The molecule has 0 aliphatic carbocycles. The first-order valence-corrected chi connectivity index (χ1v) is 11.1. The lowest BCUT2D eigenvalue weighted by Gasteiger charge is -2.21. The van der Waals surface area contributed by atoms with Gasteiger partial charge in [0.25, 0.3) is 11.5 Å². The van der Waals surface area contributed by atoms with Crippen LogP contribution in [0, 0.1) is 0 Å². The number of fused-ring (bicyclic) bond motifs is 1. The van der Waals surface area contributed by atoms with Gasteiger partial charge in [0, 0.05) is 25.5 Å². The van der Waals surface area contributed by atoms with E-state index in [0.29, 0.717) is 33.9 Å². The number of anilines is 1. The van der Waals surface area contributed by atoms with E-state index in [2.05, 4.69) is 10.6 Å². The number of carbonyl (C=O) groups excluding carboxylic acids is 1. The van der Waals surface area contributed by atoms with Gasteiger partial charge in [-0.2, -0.15) is 0 Å². The van der Waals surface area contributed by atoms with Crippen molar-refractivity contribution < 1.29 is 9.90 Å². The van der Waals surface area contributed by atoms with Crippen LogP contribution >= 0.6 is 23.2 Å². The lowest BCUT2D eigenvalue weighted by molar-refractivity contribution is 0.0931. The van der Waals surface area contributed by atoms with Gasteiger partial charge in [-0.15, -0.1) is 0 Å². The molecule has 2 aromatic carbocycles. The van der Waals surface area contributed by atoms with Gasteiger partial charge >= 0.3 is 0 Å². The fourth-order valence-corrected chi connectivity index (χ4v) is 3.80. The molecule has 0 aliphatic heterocycles. The van der Waals surface area contributed by atoms with E-state index < -0.39 is 5.60 Å². The molecule has 170 valence electrons. The minimum atomic E-state index is -1.05. The molecule has 3 aromatic rings. The minimum Gasteiger partial charge on any atom is -0.389 e. The van der Waals surface area contributed by atoms with Crippen LogP contribution in [0.25, 0.3) is 10.9 Å². The summed E-state index contributed by atoms with van der Waals surface area (Å²) in [6, 6.07) is 12.7. The third-order valence-electron chi connectivity index (χ3n) is 5.14. The number of nitrogens with zero attached hydrogens (tertiary/aromatic N) is 1. The number of pyridine rings is 1. The SMILES string of the molecule is Cn1c(=O)c(NCC(C)(C)O)c(C(=O)NCCCc2ccc(Cl)c(Cl)c2)c2ccccc21. The van der Waals surface area contributed by atoms with Crippen LogP contribution in [0.3, 0.4) is 0 Å². The number of benzene rings is 2. The molecule has 0 saturated heterocycles. The minimum absolute atomic E-state index is 0.123. The van der Waals surface area contributed by atoms with Crippen molar-refractivity contribution in [3.05, 3.63) is 74.0 Å². The summed E-state index contributed by atoms with van der Waals surface area (Å²) in [5.41, 5.74) is 0.767. The number of rotatable bonds is 8. The summed E-state index contributed by atoms with van der Waals surface area (Å²) in [5, 5.41) is 17.7. The second-order valence-electron chi connectivity index (χ2n) is 8.41. The number of nitrogens with one attached hydrogen (secondary N) is 2. The van der Waals surface area contributed by atoms with E-state index in [-0.39, 0.29) is 29.3 Å². The molecule has 3 rings (SSSR count). The summed E-state index contributed by atoms with van der Waals surface area (Å²) in [6.07, 6.45) is 1.41. The van der Waals surface area contributed by atoms with Crippen LogP contribution in [-0.2, 0) is 13.5 Å². The highest BCUT2D eigenvalue weighted by molar-refractivity contribution is 6.42. The van der Waals surface area contributed by atoms with Gasteiger partial charge in [-0.1, -0.05) is 47.5 Å². The van der Waals surface area contributed by atoms with E-state index in [9.17, 15) is 14.7 Å². The topological polar surface area (TPSA) is 83.4 Å². The molecular formula is C24H27Cl2N3O3. The molecule has 1 heterocycles. The van der Waals surface area contributed by atoms with Crippen LogP contribution in [0.5, 0.6) is 0 Å². The molecule has 1 amide bonds. The Bertz CT molecular complexity index is 1200.